The van der Waals surface area contributed by atoms with E-state index >= 15 is 0 Å². The summed E-state index contributed by atoms with van der Waals surface area (Å²) in [7, 11) is 2.04. The van der Waals surface area contributed by atoms with E-state index in [9.17, 15) is 0 Å². The fourth-order valence-electron chi connectivity index (χ4n) is 2.62. The van der Waals surface area contributed by atoms with Gasteiger partial charge in [0.05, 0.1) is 22.8 Å². The van der Waals surface area contributed by atoms with Gasteiger partial charge in [-0.3, -0.25) is 4.90 Å². The van der Waals surface area contributed by atoms with E-state index in [1.165, 1.54) is 4.70 Å². The van der Waals surface area contributed by atoms with Gasteiger partial charge in [-0.05, 0) is 38.2 Å². The van der Waals surface area contributed by atoms with Gasteiger partial charge in [0.25, 0.3) is 0 Å². The molecule has 0 amide bonds. The van der Waals surface area contributed by atoms with E-state index < -0.39 is 0 Å². The van der Waals surface area contributed by atoms with E-state index in [0.717, 1.165) is 16.1 Å². The van der Waals surface area contributed by atoms with Gasteiger partial charge in [0.1, 0.15) is 5.01 Å². The van der Waals surface area contributed by atoms with E-state index in [4.69, 9.17) is 9.40 Å². The summed E-state index contributed by atoms with van der Waals surface area (Å²) in [5.41, 5.74) is 1.98. The maximum absolute atomic E-state index is 5.80. The zero-order valence-electron chi connectivity index (χ0n) is 14.1. The molecule has 0 N–H and O–H groups in total. The van der Waals surface area contributed by atoms with Gasteiger partial charge in [0.15, 0.2) is 0 Å². The average molecular weight is 350 g/mol. The number of hydrogen-bond acceptors (Lipinski definition) is 6. The SMILES string of the molecule is C[C@H](c1nc2ccccc2s1)N(C)Cc1nnc(-c2ccccc2)o1. The van der Waals surface area contributed by atoms with Crippen LogP contribution >= 0.6 is 11.3 Å². The van der Waals surface area contributed by atoms with Crippen molar-refractivity contribution in [1.29, 1.82) is 0 Å². The lowest BCUT2D eigenvalue weighted by Crippen LogP contribution is -2.22. The van der Waals surface area contributed by atoms with Crippen molar-refractivity contribution in [3.8, 4) is 11.5 Å². The van der Waals surface area contributed by atoms with Crippen molar-refractivity contribution >= 4 is 21.6 Å². The normalized spacial score (nSPS) is 12.8. The van der Waals surface area contributed by atoms with Gasteiger partial charge >= 0.3 is 0 Å². The highest BCUT2D eigenvalue weighted by Gasteiger charge is 2.19. The second kappa shape index (κ2) is 6.74. The molecule has 25 heavy (non-hydrogen) atoms. The number of rotatable bonds is 5. The quantitative estimate of drug-likeness (QED) is 0.529. The van der Waals surface area contributed by atoms with Crippen molar-refractivity contribution in [2.24, 2.45) is 0 Å². The maximum Gasteiger partial charge on any atom is 0.247 e. The van der Waals surface area contributed by atoms with Crippen molar-refractivity contribution in [1.82, 2.24) is 20.1 Å². The van der Waals surface area contributed by atoms with Crippen LogP contribution in [0, 0.1) is 0 Å². The first-order chi connectivity index (χ1) is 12.2. The Morgan fingerprint density at radius 2 is 1.80 bits per heavy atom. The molecule has 0 bridgehead atoms. The molecule has 2 heterocycles. The third kappa shape index (κ3) is 3.31. The van der Waals surface area contributed by atoms with Crippen LogP contribution in [0.3, 0.4) is 0 Å². The standard InChI is InChI=1S/C19H18N4OS/c1-13(19-20-15-10-6-7-11-16(15)25-19)23(2)12-17-21-22-18(24-17)14-8-4-3-5-9-14/h3-11,13H,12H2,1-2H3/t13-/m1/s1. The number of para-hydroxylation sites is 1. The lowest BCUT2D eigenvalue weighted by Gasteiger charge is -2.20. The Bertz CT molecular complexity index is 946. The Kier molecular flexibility index (Phi) is 4.29. The largest absolute Gasteiger partial charge is 0.419 e. The second-order valence-electron chi connectivity index (χ2n) is 5.98. The van der Waals surface area contributed by atoms with Gasteiger partial charge in [-0.15, -0.1) is 21.5 Å². The molecule has 0 aliphatic heterocycles. The van der Waals surface area contributed by atoms with Gasteiger partial charge in [0.2, 0.25) is 11.8 Å². The van der Waals surface area contributed by atoms with Gasteiger partial charge in [-0.2, -0.15) is 0 Å². The average Bonchev–Trinajstić information content (AvgIpc) is 3.28. The van der Waals surface area contributed by atoms with E-state index in [1.54, 1.807) is 11.3 Å². The minimum Gasteiger partial charge on any atom is -0.419 e. The fraction of sp³-hybridized carbons (Fsp3) is 0.211. The summed E-state index contributed by atoms with van der Waals surface area (Å²) in [4.78, 5) is 6.91. The first-order valence-electron chi connectivity index (χ1n) is 8.14. The van der Waals surface area contributed by atoms with Crippen LogP contribution in [0.2, 0.25) is 0 Å². The van der Waals surface area contributed by atoms with Crippen molar-refractivity contribution in [3.63, 3.8) is 0 Å². The van der Waals surface area contributed by atoms with E-state index in [0.29, 0.717) is 18.3 Å². The van der Waals surface area contributed by atoms with Gasteiger partial charge in [-0.1, -0.05) is 30.3 Å². The van der Waals surface area contributed by atoms with Gasteiger partial charge in [0, 0.05) is 5.56 Å². The first-order valence-corrected chi connectivity index (χ1v) is 8.96. The van der Waals surface area contributed by atoms with Gasteiger partial charge < -0.3 is 4.42 Å². The number of benzene rings is 2. The van der Waals surface area contributed by atoms with Crippen LogP contribution in [-0.2, 0) is 6.54 Å². The predicted octanol–water partition coefficient (Wildman–Crippen LogP) is 4.54. The van der Waals surface area contributed by atoms with Crippen LogP contribution in [0.15, 0.2) is 59.0 Å². The predicted molar refractivity (Wildman–Crippen MR) is 99.2 cm³/mol. The van der Waals surface area contributed by atoms with Crippen LogP contribution < -0.4 is 0 Å². The number of thiazole rings is 1. The summed E-state index contributed by atoms with van der Waals surface area (Å²) >= 11 is 1.73. The smallest absolute Gasteiger partial charge is 0.247 e. The lowest BCUT2D eigenvalue weighted by atomic mass is 10.2. The summed E-state index contributed by atoms with van der Waals surface area (Å²) in [5, 5.41) is 9.42. The molecule has 6 heteroatoms. The molecule has 0 aliphatic carbocycles. The first kappa shape index (κ1) is 15.9. The Morgan fingerprint density at radius 3 is 2.60 bits per heavy atom. The summed E-state index contributed by atoms with van der Waals surface area (Å²) in [6.07, 6.45) is 0. The summed E-state index contributed by atoms with van der Waals surface area (Å²) in [5.74, 6) is 1.16. The summed E-state index contributed by atoms with van der Waals surface area (Å²) in [6, 6.07) is 18.2. The molecular formula is C19H18N4OS. The number of nitrogens with zero attached hydrogens (tertiary/aromatic N) is 4. The van der Waals surface area contributed by atoms with E-state index in [-0.39, 0.29) is 6.04 Å². The third-order valence-electron chi connectivity index (χ3n) is 4.20. The molecule has 0 unspecified atom stereocenters. The Labute approximate surface area is 150 Å². The summed E-state index contributed by atoms with van der Waals surface area (Å²) in [6.45, 7) is 2.73. The fourth-order valence-corrected chi connectivity index (χ4v) is 3.71. The summed E-state index contributed by atoms with van der Waals surface area (Å²) < 4.78 is 7.01. The lowest BCUT2D eigenvalue weighted by molar-refractivity contribution is 0.228. The molecule has 5 nitrogen and oxygen atoms in total. The van der Waals surface area contributed by atoms with Crippen LogP contribution in [0.4, 0.5) is 0 Å². The van der Waals surface area contributed by atoms with Crippen molar-refractivity contribution in [2.45, 2.75) is 19.5 Å². The molecule has 126 valence electrons. The molecule has 0 saturated carbocycles. The molecule has 0 radical (unpaired) electrons. The number of fused-ring (bicyclic) bond motifs is 1. The molecule has 1 atom stereocenters. The van der Waals surface area contributed by atoms with Crippen LogP contribution in [0.25, 0.3) is 21.7 Å². The van der Waals surface area contributed by atoms with Crippen molar-refractivity contribution < 1.29 is 4.42 Å². The minimum atomic E-state index is 0.171. The minimum absolute atomic E-state index is 0.171. The molecule has 0 spiro atoms. The second-order valence-corrected chi connectivity index (χ2v) is 7.04. The Hall–Kier alpha value is -2.57. The zero-order valence-corrected chi connectivity index (χ0v) is 14.9. The highest BCUT2D eigenvalue weighted by atomic mass is 32.1. The maximum atomic E-state index is 5.80. The Balaban J connectivity index is 1.49. The number of aromatic nitrogens is 3. The molecular weight excluding hydrogens is 332 g/mol. The zero-order chi connectivity index (χ0) is 17.2. The topological polar surface area (TPSA) is 55.1 Å². The Morgan fingerprint density at radius 1 is 1.04 bits per heavy atom. The van der Waals surface area contributed by atoms with Crippen LogP contribution in [-0.4, -0.2) is 27.1 Å². The highest BCUT2D eigenvalue weighted by Crippen LogP contribution is 2.29. The molecule has 0 saturated heterocycles. The van der Waals surface area contributed by atoms with Crippen LogP contribution in [0.1, 0.15) is 23.9 Å². The molecule has 0 fully saturated rings. The highest BCUT2D eigenvalue weighted by molar-refractivity contribution is 7.18. The van der Waals surface area contributed by atoms with E-state index in [2.05, 4.69) is 28.1 Å². The van der Waals surface area contributed by atoms with E-state index in [1.807, 2.05) is 55.6 Å². The molecule has 4 aromatic rings. The van der Waals surface area contributed by atoms with Crippen molar-refractivity contribution in [3.05, 3.63) is 65.5 Å². The molecule has 2 aromatic heterocycles. The third-order valence-corrected chi connectivity index (χ3v) is 5.41. The van der Waals surface area contributed by atoms with Gasteiger partial charge in [-0.25, -0.2) is 4.98 Å². The molecule has 0 aliphatic rings. The molecule has 4 rings (SSSR count). The molecule has 2 aromatic carbocycles. The van der Waals surface area contributed by atoms with Crippen LogP contribution in [0.5, 0.6) is 0 Å². The monoisotopic (exact) mass is 350 g/mol. The van der Waals surface area contributed by atoms with Crippen molar-refractivity contribution in [2.75, 3.05) is 7.05 Å². The number of hydrogen-bond donors (Lipinski definition) is 0.